The number of nitrogens with zero attached hydrogens (tertiary/aromatic N) is 1. The predicted molar refractivity (Wildman–Crippen MR) is 106 cm³/mol. The zero-order valence-corrected chi connectivity index (χ0v) is 15.7. The van der Waals surface area contributed by atoms with Gasteiger partial charge in [-0.15, -0.1) is 0 Å². The lowest BCUT2D eigenvalue weighted by atomic mass is 10.1. The van der Waals surface area contributed by atoms with Gasteiger partial charge in [0.25, 0.3) is 5.91 Å². The van der Waals surface area contributed by atoms with Crippen LogP contribution < -0.4 is 5.32 Å². The molecule has 1 aromatic heterocycles. The largest absolute Gasteiger partial charge is 0.336 e. The van der Waals surface area contributed by atoms with Crippen molar-refractivity contribution in [3.8, 4) is 0 Å². The van der Waals surface area contributed by atoms with E-state index in [9.17, 15) is 4.79 Å². The third-order valence-corrected chi connectivity index (χ3v) is 5.10. The Hall–Kier alpha value is -2.26. The number of aromatic nitrogens is 1. The number of unbranched alkanes of at least 4 members (excludes halogenated alkanes) is 1. The maximum absolute atomic E-state index is 13.1. The van der Waals surface area contributed by atoms with E-state index in [0.717, 1.165) is 52.8 Å². The summed E-state index contributed by atoms with van der Waals surface area (Å²) in [6, 6.07) is 13.8. The number of nitrogens with one attached hydrogen (secondary N) is 1. The van der Waals surface area contributed by atoms with Gasteiger partial charge in [-0.25, -0.2) is 0 Å². The quantitative estimate of drug-likeness (QED) is 0.602. The molecule has 0 unspecified atom stereocenters. The van der Waals surface area contributed by atoms with Gasteiger partial charge in [0.1, 0.15) is 5.69 Å². The van der Waals surface area contributed by atoms with Crippen molar-refractivity contribution in [3.63, 3.8) is 0 Å². The van der Waals surface area contributed by atoms with Crippen LogP contribution in [0.1, 0.15) is 41.4 Å². The van der Waals surface area contributed by atoms with Gasteiger partial charge >= 0.3 is 0 Å². The number of hydrogen-bond acceptors (Lipinski definition) is 1. The van der Waals surface area contributed by atoms with Crippen molar-refractivity contribution in [2.75, 3.05) is 5.32 Å². The standard InChI is InChI=1S/C21H23ClN2O/c1-4-5-13-24-19-12-7-6-9-16(19)14(2)20(24)21(25)23-18-11-8-10-17(22)15(18)3/h6-12H,4-5,13H2,1-3H3,(H,23,25). The van der Waals surface area contributed by atoms with Crippen molar-refractivity contribution in [1.29, 1.82) is 0 Å². The number of amides is 1. The summed E-state index contributed by atoms with van der Waals surface area (Å²) in [4.78, 5) is 13.1. The molecule has 3 nitrogen and oxygen atoms in total. The minimum absolute atomic E-state index is 0.0878. The molecule has 4 heteroatoms. The highest BCUT2D eigenvalue weighted by Crippen LogP contribution is 2.28. The molecule has 1 amide bonds. The van der Waals surface area contributed by atoms with Gasteiger partial charge in [-0.2, -0.15) is 0 Å². The van der Waals surface area contributed by atoms with Crippen molar-refractivity contribution < 1.29 is 4.79 Å². The fraction of sp³-hybridized carbons (Fsp3) is 0.286. The molecule has 0 saturated carbocycles. The van der Waals surface area contributed by atoms with Gasteiger partial charge in [0.05, 0.1) is 0 Å². The molecule has 0 atom stereocenters. The predicted octanol–water partition coefficient (Wildman–Crippen LogP) is 5.96. The first-order valence-corrected chi connectivity index (χ1v) is 9.06. The first-order valence-electron chi connectivity index (χ1n) is 8.69. The summed E-state index contributed by atoms with van der Waals surface area (Å²) >= 11 is 6.18. The van der Waals surface area contributed by atoms with Crippen LogP contribution in [-0.2, 0) is 6.54 Å². The number of para-hydroxylation sites is 1. The highest BCUT2D eigenvalue weighted by Gasteiger charge is 2.20. The van der Waals surface area contributed by atoms with Gasteiger partial charge in [0.2, 0.25) is 0 Å². The van der Waals surface area contributed by atoms with Crippen molar-refractivity contribution >= 4 is 34.1 Å². The van der Waals surface area contributed by atoms with Crippen LogP contribution in [0.2, 0.25) is 5.02 Å². The van der Waals surface area contributed by atoms with Crippen molar-refractivity contribution in [1.82, 2.24) is 4.57 Å². The maximum Gasteiger partial charge on any atom is 0.272 e. The van der Waals surface area contributed by atoms with Gasteiger partial charge in [0.15, 0.2) is 0 Å². The second-order valence-electron chi connectivity index (χ2n) is 6.36. The number of fused-ring (bicyclic) bond motifs is 1. The van der Waals surface area contributed by atoms with Crippen LogP contribution in [-0.4, -0.2) is 10.5 Å². The Labute approximate surface area is 153 Å². The summed E-state index contributed by atoms with van der Waals surface area (Å²) in [7, 11) is 0. The summed E-state index contributed by atoms with van der Waals surface area (Å²) in [5, 5.41) is 4.83. The lowest BCUT2D eigenvalue weighted by Crippen LogP contribution is -2.19. The number of anilines is 1. The zero-order chi connectivity index (χ0) is 18.0. The van der Waals surface area contributed by atoms with E-state index in [4.69, 9.17) is 11.6 Å². The zero-order valence-electron chi connectivity index (χ0n) is 14.9. The van der Waals surface area contributed by atoms with E-state index in [2.05, 4.69) is 28.9 Å². The topological polar surface area (TPSA) is 34.0 Å². The van der Waals surface area contributed by atoms with E-state index in [-0.39, 0.29) is 5.91 Å². The normalized spacial score (nSPS) is 11.0. The summed E-state index contributed by atoms with van der Waals surface area (Å²) in [5.74, 6) is -0.0878. The molecule has 130 valence electrons. The molecule has 1 heterocycles. The first-order chi connectivity index (χ1) is 12.0. The molecule has 2 aromatic carbocycles. The molecule has 0 saturated heterocycles. The Bertz CT molecular complexity index is 927. The molecule has 0 bridgehead atoms. The SMILES string of the molecule is CCCCn1c(C(=O)Nc2cccc(Cl)c2C)c(C)c2ccccc21. The monoisotopic (exact) mass is 354 g/mol. The third kappa shape index (κ3) is 3.29. The van der Waals surface area contributed by atoms with Crippen LogP contribution >= 0.6 is 11.6 Å². The first kappa shape index (κ1) is 17.6. The smallest absolute Gasteiger partial charge is 0.272 e. The van der Waals surface area contributed by atoms with E-state index in [0.29, 0.717) is 5.02 Å². The molecule has 0 radical (unpaired) electrons. The summed E-state index contributed by atoms with van der Waals surface area (Å²) in [6.07, 6.45) is 2.12. The number of halogens is 1. The molecule has 1 N–H and O–H groups in total. The Morgan fingerprint density at radius 1 is 1.08 bits per heavy atom. The van der Waals surface area contributed by atoms with Crippen LogP contribution in [0.4, 0.5) is 5.69 Å². The second kappa shape index (κ2) is 7.32. The summed E-state index contributed by atoms with van der Waals surface area (Å²) in [5.41, 5.74) is 4.50. The van der Waals surface area contributed by atoms with Crippen molar-refractivity contribution in [3.05, 3.63) is 64.3 Å². The Balaban J connectivity index is 2.06. The van der Waals surface area contributed by atoms with Gasteiger partial charge in [-0.05, 0) is 49.6 Å². The van der Waals surface area contributed by atoms with E-state index in [1.165, 1.54) is 0 Å². The minimum Gasteiger partial charge on any atom is -0.336 e. The number of hydrogen-bond donors (Lipinski definition) is 1. The van der Waals surface area contributed by atoms with E-state index >= 15 is 0 Å². The van der Waals surface area contributed by atoms with Crippen LogP contribution in [0.5, 0.6) is 0 Å². The minimum atomic E-state index is -0.0878. The average molecular weight is 355 g/mol. The number of rotatable bonds is 5. The second-order valence-corrected chi connectivity index (χ2v) is 6.77. The Morgan fingerprint density at radius 3 is 2.60 bits per heavy atom. The van der Waals surface area contributed by atoms with Crippen LogP contribution in [0.25, 0.3) is 10.9 Å². The lowest BCUT2D eigenvalue weighted by molar-refractivity contribution is 0.101. The highest BCUT2D eigenvalue weighted by atomic mass is 35.5. The molecule has 0 aliphatic rings. The van der Waals surface area contributed by atoms with Crippen LogP contribution in [0.3, 0.4) is 0 Å². The van der Waals surface area contributed by atoms with Gasteiger partial charge < -0.3 is 9.88 Å². The van der Waals surface area contributed by atoms with Crippen molar-refractivity contribution in [2.24, 2.45) is 0 Å². The van der Waals surface area contributed by atoms with Crippen LogP contribution in [0, 0.1) is 13.8 Å². The van der Waals surface area contributed by atoms with Gasteiger partial charge in [0, 0.05) is 28.2 Å². The molecular weight excluding hydrogens is 332 g/mol. The van der Waals surface area contributed by atoms with Crippen LogP contribution in [0.15, 0.2) is 42.5 Å². The molecular formula is C21H23ClN2O. The fourth-order valence-electron chi connectivity index (χ4n) is 3.24. The van der Waals surface area contributed by atoms with Gasteiger partial charge in [-0.3, -0.25) is 4.79 Å². The number of benzene rings is 2. The fourth-order valence-corrected chi connectivity index (χ4v) is 3.42. The number of carbonyl (C=O) groups excluding carboxylic acids is 1. The summed E-state index contributed by atoms with van der Waals surface area (Å²) in [6.45, 7) is 6.93. The molecule has 0 spiro atoms. The molecule has 0 aliphatic carbocycles. The van der Waals surface area contributed by atoms with Gasteiger partial charge in [-0.1, -0.05) is 49.2 Å². The molecule has 25 heavy (non-hydrogen) atoms. The summed E-state index contributed by atoms with van der Waals surface area (Å²) < 4.78 is 2.14. The lowest BCUT2D eigenvalue weighted by Gasteiger charge is -2.13. The Kier molecular flexibility index (Phi) is 5.14. The van der Waals surface area contributed by atoms with Crippen molar-refractivity contribution in [2.45, 2.75) is 40.2 Å². The molecule has 0 fully saturated rings. The van der Waals surface area contributed by atoms with E-state index < -0.39 is 0 Å². The highest BCUT2D eigenvalue weighted by molar-refractivity contribution is 6.31. The molecule has 0 aliphatic heterocycles. The molecule has 3 aromatic rings. The average Bonchev–Trinajstić information content (AvgIpc) is 2.89. The van der Waals surface area contributed by atoms with E-state index in [1.54, 1.807) is 0 Å². The third-order valence-electron chi connectivity index (χ3n) is 4.69. The molecule has 3 rings (SSSR count). The number of carbonyl (C=O) groups is 1. The number of aryl methyl sites for hydroxylation is 2. The Morgan fingerprint density at radius 2 is 1.84 bits per heavy atom. The van der Waals surface area contributed by atoms with E-state index in [1.807, 2.05) is 44.2 Å². The maximum atomic E-state index is 13.1.